The van der Waals surface area contributed by atoms with Gasteiger partial charge in [0.05, 0.1) is 0 Å². The third-order valence-electron chi connectivity index (χ3n) is 4.32. The van der Waals surface area contributed by atoms with Gasteiger partial charge in [0.2, 0.25) is 11.8 Å². The van der Waals surface area contributed by atoms with E-state index >= 15 is 0 Å². The lowest BCUT2D eigenvalue weighted by atomic mass is 10.1. The number of rotatable bonds is 3. The first kappa shape index (κ1) is 14.1. The Hall–Kier alpha value is -2.55. The molecule has 23 heavy (non-hydrogen) atoms. The first-order valence-corrected chi connectivity index (χ1v) is 8.28. The van der Waals surface area contributed by atoms with Crippen LogP contribution in [-0.2, 0) is 0 Å². The molecule has 1 aliphatic rings. The van der Waals surface area contributed by atoms with Crippen LogP contribution in [0, 0.1) is 0 Å². The second-order valence-corrected chi connectivity index (χ2v) is 5.95. The number of piperidine rings is 1. The Balaban J connectivity index is 1.80. The van der Waals surface area contributed by atoms with E-state index in [0.717, 1.165) is 35.8 Å². The van der Waals surface area contributed by atoms with Gasteiger partial charge in [0.1, 0.15) is 5.69 Å². The van der Waals surface area contributed by atoms with Gasteiger partial charge in [0, 0.05) is 24.2 Å². The monoisotopic (exact) mass is 304 g/mol. The fraction of sp³-hybridized carbons (Fsp3) is 0.250. The van der Waals surface area contributed by atoms with E-state index in [1.165, 1.54) is 19.3 Å². The molecule has 0 unspecified atom stereocenters. The fourth-order valence-electron chi connectivity index (χ4n) is 3.11. The zero-order chi connectivity index (χ0) is 15.5. The number of aromatic nitrogens is 1. The van der Waals surface area contributed by atoms with Gasteiger partial charge in [-0.25, -0.2) is 4.98 Å². The Morgan fingerprint density at radius 2 is 1.35 bits per heavy atom. The average molecular weight is 304 g/mol. The Bertz CT molecular complexity index is 759. The number of hydrogen-bond acceptors (Lipinski definition) is 3. The molecule has 116 valence electrons. The van der Waals surface area contributed by atoms with Crippen LogP contribution in [0.25, 0.3) is 22.7 Å². The lowest BCUT2D eigenvalue weighted by Crippen LogP contribution is -2.29. The fourth-order valence-corrected chi connectivity index (χ4v) is 3.11. The summed E-state index contributed by atoms with van der Waals surface area (Å²) >= 11 is 0. The van der Waals surface area contributed by atoms with Crippen molar-refractivity contribution in [1.82, 2.24) is 4.98 Å². The standard InChI is InChI=1S/C20H20N2O/c1-4-10-16(11-5-1)18-20(22-14-8-3-9-15-22)23-19(21-18)17-12-6-2-7-13-17/h1-2,4-7,10-13H,3,8-9,14-15H2. The normalized spacial score (nSPS) is 14.9. The zero-order valence-corrected chi connectivity index (χ0v) is 13.1. The Kier molecular flexibility index (Phi) is 3.85. The van der Waals surface area contributed by atoms with E-state index in [-0.39, 0.29) is 0 Å². The summed E-state index contributed by atoms with van der Waals surface area (Å²) in [6, 6.07) is 20.4. The van der Waals surface area contributed by atoms with Gasteiger partial charge >= 0.3 is 0 Å². The second kappa shape index (κ2) is 6.29. The van der Waals surface area contributed by atoms with E-state index in [4.69, 9.17) is 9.40 Å². The maximum absolute atomic E-state index is 6.21. The molecule has 0 aliphatic carbocycles. The van der Waals surface area contributed by atoms with Crippen LogP contribution >= 0.6 is 0 Å². The van der Waals surface area contributed by atoms with Gasteiger partial charge in [-0.1, -0.05) is 48.5 Å². The summed E-state index contributed by atoms with van der Waals surface area (Å²) < 4.78 is 6.21. The molecule has 0 spiro atoms. The van der Waals surface area contributed by atoms with Crippen molar-refractivity contribution in [2.24, 2.45) is 0 Å². The number of hydrogen-bond donors (Lipinski definition) is 0. The molecule has 0 radical (unpaired) electrons. The molecule has 1 fully saturated rings. The third kappa shape index (κ3) is 2.87. The van der Waals surface area contributed by atoms with Crippen LogP contribution in [0.5, 0.6) is 0 Å². The van der Waals surface area contributed by atoms with Crippen LogP contribution in [0.2, 0.25) is 0 Å². The summed E-state index contributed by atoms with van der Waals surface area (Å²) in [6.07, 6.45) is 3.74. The molecule has 1 saturated heterocycles. The molecule has 2 aromatic carbocycles. The molecule has 2 heterocycles. The maximum atomic E-state index is 6.21. The summed E-state index contributed by atoms with van der Waals surface area (Å²) in [4.78, 5) is 7.16. The minimum Gasteiger partial charge on any atom is -0.420 e. The molecule has 3 heteroatoms. The SMILES string of the molecule is c1ccc(-c2nc(-c3ccccc3)c(N3CCCCC3)o2)cc1. The van der Waals surface area contributed by atoms with Gasteiger partial charge in [-0.05, 0) is 31.4 Å². The average Bonchev–Trinajstić information content (AvgIpc) is 3.09. The van der Waals surface area contributed by atoms with E-state index in [1.807, 2.05) is 48.5 Å². The largest absolute Gasteiger partial charge is 0.420 e. The summed E-state index contributed by atoms with van der Waals surface area (Å²) in [5.74, 6) is 1.61. The molecule has 1 aliphatic heterocycles. The maximum Gasteiger partial charge on any atom is 0.229 e. The minimum atomic E-state index is 0.699. The quantitative estimate of drug-likeness (QED) is 0.682. The molecule has 0 atom stereocenters. The highest BCUT2D eigenvalue weighted by molar-refractivity contribution is 5.74. The predicted molar refractivity (Wildman–Crippen MR) is 93.4 cm³/mol. The van der Waals surface area contributed by atoms with Crippen molar-refractivity contribution in [3.05, 3.63) is 60.7 Å². The van der Waals surface area contributed by atoms with Gasteiger partial charge in [-0.2, -0.15) is 0 Å². The molecule has 0 amide bonds. The Morgan fingerprint density at radius 1 is 0.739 bits per heavy atom. The van der Waals surface area contributed by atoms with E-state index in [2.05, 4.69) is 17.0 Å². The molecule has 3 aromatic rings. The van der Waals surface area contributed by atoms with E-state index < -0.39 is 0 Å². The van der Waals surface area contributed by atoms with Crippen molar-refractivity contribution in [2.75, 3.05) is 18.0 Å². The smallest absolute Gasteiger partial charge is 0.229 e. The lowest BCUT2D eigenvalue weighted by molar-refractivity contribution is 0.505. The second-order valence-electron chi connectivity index (χ2n) is 5.95. The molecular weight excluding hydrogens is 284 g/mol. The summed E-state index contributed by atoms with van der Waals surface area (Å²) in [5, 5.41) is 0. The number of nitrogens with zero attached hydrogens (tertiary/aromatic N) is 2. The van der Waals surface area contributed by atoms with Crippen LogP contribution in [0.1, 0.15) is 19.3 Å². The molecule has 0 bridgehead atoms. The molecule has 0 N–H and O–H groups in total. The van der Waals surface area contributed by atoms with Crippen LogP contribution < -0.4 is 4.90 Å². The van der Waals surface area contributed by atoms with Gasteiger partial charge in [-0.15, -0.1) is 0 Å². The highest BCUT2D eigenvalue weighted by Crippen LogP contribution is 2.36. The van der Waals surface area contributed by atoms with Crippen molar-refractivity contribution < 1.29 is 4.42 Å². The van der Waals surface area contributed by atoms with E-state index in [0.29, 0.717) is 5.89 Å². The van der Waals surface area contributed by atoms with Crippen LogP contribution in [-0.4, -0.2) is 18.1 Å². The van der Waals surface area contributed by atoms with Crippen molar-refractivity contribution in [3.8, 4) is 22.7 Å². The van der Waals surface area contributed by atoms with Gasteiger partial charge in [0.25, 0.3) is 0 Å². The molecular formula is C20H20N2O. The number of benzene rings is 2. The first-order valence-electron chi connectivity index (χ1n) is 8.28. The first-order chi connectivity index (χ1) is 11.4. The topological polar surface area (TPSA) is 29.3 Å². The van der Waals surface area contributed by atoms with Crippen LogP contribution in [0.4, 0.5) is 5.88 Å². The minimum absolute atomic E-state index is 0.699. The van der Waals surface area contributed by atoms with E-state index in [1.54, 1.807) is 0 Å². The number of oxazole rings is 1. The summed E-state index contributed by atoms with van der Waals surface area (Å²) in [6.45, 7) is 2.09. The van der Waals surface area contributed by atoms with Crippen molar-refractivity contribution >= 4 is 5.88 Å². The van der Waals surface area contributed by atoms with Gasteiger partial charge in [-0.3, -0.25) is 0 Å². The van der Waals surface area contributed by atoms with Gasteiger partial charge in [0.15, 0.2) is 0 Å². The molecule has 4 rings (SSSR count). The highest BCUT2D eigenvalue weighted by Gasteiger charge is 2.22. The summed E-state index contributed by atoms with van der Waals surface area (Å²) in [7, 11) is 0. The zero-order valence-electron chi connectivity index (χ0n) is 13.1. The molecule has 1 aromatic heterocycles. The third-order valence-corrected chi connectivity index (χ3v) is 4.32. The highest BCUT2D eigenvalue weighted by atomic mass is 16.4. The summed E-state index contributed by atoms with van der Waals surface area (Å²) in [5.41, 5.74) is 3.08. The van der Waals surface area contributed by atoms with Crippen molar-refractivity contribution in [2.45, 2.75) is 19.3 Å². The van der Waals surface area contributed by atoms with Crippen LogP contribution in [0.3, 0.4) is 0 Å². The predicted octanol–water partition coefficient (Wildman–Crippen LogP) is 5.00. The Morgan fingerprint density at radius 3 is 2.00 bits per heavy atom. The Labute approximate surface area is 136 Å². The lowest BCUT2D eigenvalue weighted by Gasteiger charge is -2.26. The van der Waals surface area contributed by atoms with E-state index in [9.17, 15) is 0 Å². The van der Waals surface area contributed by atoms with Crippen molar-refractivity contribution in [3.63, 3.8) is 0 Å². The van der Waals surface area contributed by atoms with Gasteiger partial charge < -0.3 is 9.32 Å². The molecule has 0 saturated carbocycles. The van der Waals surface area contributed by atoms with Crippen molar-refractivity contribution in [1.29, 1.82) is 0 Å². The van der Waals surface area contributed by atoms with Crippen LogP contribution in [0.15, 0.2) is 65.1 Å². The molecule has 3 nitrogen and oxygen atoms in total. The number of anilines is 1.